The number of benzene rings is 3. The lowest BCUT2D eigenvalue weighted by molar-refractivity contribution is 0.0953. The van der Waals surface area contributed by atoms with Gasteiger partial charge < -0.3 is 19.4 Å². The van der Waals surface area contributed by atoms with E-state index >= 15 is 0 Å². The Hall–Kier alpha value is -3.80. The SMILES string of the molecule is COc1cccc(OCCCCn2c(CCCNC(=O)c3ccccc3)nc3ccccc32)c1. The third kappa shape index (κ3) is 6.16. The Balaban J connectivity index is 1.28. The van der Waals surface area contributed by atoms with Crippen LogP contribution in [0, 0.1) is 0 Å². The van der Waals surface area contributed by atoms with Crippen molar-refractivity contribution >= 4 is 16.9 Å². The van der Waals surface area contributed by atoms with E-state index in [1.54, 1.807) is 7.11 Å². The first-order chi connectivity index (χ1) is 16.7. The molecule has 176 valence electrons. The maximum atomic E-state index is 12.3. The number of hydrogen-bond acceptors (Lipinski definition) is 4. The average Bonchev–Trinajstić information content (AvgIpc) is 3.24. The smallest absolute Gasteiger partial charge is 0.251 e. The van der Waals surface area contributed by atoms with Crippen LogP contribution in [0.15, 0.2) is 78.9 Å². The maximum absolute atomic E-state index is 12.3. The number of para-hydroxylation sites is 2. The third-order valence-corrected chi connectivity index (χ3v) is 5.72. The number of methoxy groups -OCH3 is 1. The van der Waals surface area contributed by atoms with Crippen molar-refractivity contribution < 1.29 is 14.3 Å². The number of fused-ring (bicyclic) bond motifs is 1. The van der Waals surface area contributed by atoms with Gasteiger partial charge in [0.1, 0.15) is 17.3 Å². The number of nitrogens with zero attached hydrogens (tertiary/aromatic N) is 2. The first-order valence-electron chi connectivity index (χ1n) is 11.8. The highest BCUT2D eigenvalue weighted by atomic mass is 16.5. The van der Waals surface area contributed by atoms with Crippen molar-refractivity contribution in [2.24, 2.45) is 0 Å². The summed E-state index contributed by atoms with van der Waals surface area (Å²) in [6.45, 7) is 2.15. The maximum Gasteiger partial charge on any atom is 0.251 e. The highest BCUT2D eigenvalue weighted by molar-refractivity contribution is 5.94. The van der Waals surface area contributed by atoms with Crippen molar-refractivity contribution in [1.29, 1.82) is 0 Å². The topological polar surface area (TPSA) is 65.4 Å². The molecule has 6 heteroatoms. The van der Waals surface area contributed by atoms with Crippen LogP contribution in [0.2, 0.25) is 0 Å². The molecule has 0 atom stereocenters. The quantitative estimate of drug-likeness (QED) is 0.295. The van der Waals surface area contributed by atoms with Crippen LogP contribution >= 0.6 is 0 Å². The fraction of sp³-hybridized carbons (Fsp3) is 0.286. The molecule has 0 aliphatic heterocycles. The van der Waals surface area contributed by atoms with Gasteiger partial charge in [-0.3, -0.25) is 4.79 Å². The fourth-order valence-electron chi connectivity index (χ4n) is 3.96. The van der Waals surface area contributed by atoms with Crippen molar-refractivity contribution in [3.8, 4) is 11.5 Å². The zero-order chi connectivity index (χ0) is 23.6. The number of hydrogen-bond donors (Lipinski definition) is 1. The van der Waals surface area contributed by atoms with Gasteiger partial charge in [0, 0.05) is 31.1 Å². The molecule has 0 saturated heterocycles. The number of imidazole rings is 1. The molecule has 0 spiro atoms. The molecule has 34 heavy (non-hydrogen) atoms. The van der Waals surface area contributed by atoms with Crippen molar-refractivity contribution in [3.63, 3.8) is 0 Å². The van der Waals surface area contributed by atoms with Crippen LogP contribution in [0.5, 0.6) is 11.5 Å². The Kier molecular flexibility index (Phi) is 8.17. The van der Waals surface area contributed by atoms with Crippen LogP contribution in [0.1, 0.15) is 35.4 Å². The van der Waals surface area contributed by atoms with E-state index < -0.39 is 0 Å². The standard InChI is InChI=1S/C28H31N3O3/c1-33-23-13-9-14-24(21-23)34-20-8-7-19-31-26-16-6-5-15-25(26)30-27(31)17-10-18-29-28(32)22-11-3-2-4-12-22/h2-6,9,11-16,21H,7-8,10,17-20H2,1H3,(H,29,32). The molecule has 0 saturated carbocycles. The van der Waals surface area contributed by atoms with Gasteiger partial charge in [-0.1, -0.05) is 36.4 Å². The normalized spacial score (nSPS) is 10.9. The van der Waals surface area contributed by atoms with E-state index in [-0.39, 0.29) is 5.91 Å². The van der Waals surface area contributed by atoms with Gasteiger partial charge in [-0.15, -0.1) is 0 Å². The second-order valence-corrected chi connectivity index (χ2v) is 8.13. The summed E-state index contributed by atoms with van der Waals surface area (Å²) in [6.07, 6.45) is 3.57. The van der Waals surface area contributed by atoms with E-state index in [2.05, 4.69) is 28.1 Å². The molecule has 0 fully saturated rings. The van der Waals surface area contributed by atoms with E-state index in [4.69, 9.17) is 14.5 Å². The van der Waals surface area contributed by atoms with Crippen LogP contribution < -0.4 is 14.8 Å². The molecule has 3 aromatic carbocycles. The summed E-state index contributed by atoms with van der Waals surface area (Å²) in [6, 6.07) is 25.2. The van der Waals surface area contributed by atoms with Crippen molar-refractivity contribution in [3.05, 3.63) is 90.3 Å². The molecule has 0 aliphatic carbocycles. The highest BCUT2D eigenvalue weighted by Gasteiger charge is 2.11. The lowest BCUT2D eigenvalue weighted by Gasteiger charge is -2.11. The number of rotatable bonds is 12. The predicted octanol–water partition coefficient (Wildman–Crippen LogP) is 5.27. The van der Waals surface area contributed by atoms with Crippen molar-refractivity contribution in [2.75, 3.05) is 20.3 Å². The third-order valence-electron chi connectivity index (χ3n) is 5.72. The molecule has 0 unspecified atom stereocenters. The molecule has 4 aromatic rings. The van der Waals surface area contributed by atoms with E-state index in [0.717, 1.165) is 60.6 Å². The Labute approximate surface area is 200 Å². The number of carbonyl (C=O) groups excluding carboxylic acids is 1. The number of unbranched alkanes of at least 4 members (excludes halogenated alkanes) is 1. The summed E-state index contributed by atoms with van der Waals surface area (Å²) in [5.74, 6) is 2.65. The minimum atomic E-state index is -0.0369. The Morgan fingerprint density at radius 3 is 2.56 bits per heavy atom. The monoisotopic (exact) mass is 457 g/mol. The largest absolute Gasteiger partial charge is 0.497 e. The predicted molar refractivity (Wildman–Crippen MR) is 135 cm³/mol. The first-order valence-corrected chi connectivity index (χ1v) is 11.8. The molecule has 6 nitrogen and oxygen atoms in total. The summed E-state index contributed by atoms with van der Waals surface area (Å²) in [7, 11) is 1.66. The number of ether oxygens (including phenoxy) is 2. The first kappa shape index (κ1) is 23.4. The van der Waals surface area contributed by atoms with Crippen LogP contribution in [0.3, 0.4) is 0 Å². The molecule has 1 aromatic heterocycles. The van der Waals surface area contributed by atoms with Crippen LogP contribution in [-0.4, -0.2) is 35.7 Å². The van der Waals surface area contributed by atoms with Gasteiger partial charge in [-0.05, 0) is 55.7 Å². The van der Waals surface area contributed by atoms with Gasteiger partial charge in [-0.25, -0.2) is 4.98 Å². The number of amides is 1. The van der Waals surface area contributed by atoms with E-state index in [0.29, 0.717) is 18.7 Å². The minimum Gasteiger partial charge on any atom is -0.497 e. The number of carbonyl (C=O) groups is 1. The Morgan fingerprint density at radius 1 is 0.912 bits per heavy atom. The average molecular weight is 458 g/mol. The lowest BCUT2D eigenvalue weighted by atomic mass is 10.2. The summed E-state index contributed by atoms with van der Waals surface area (Å²) < 4.78 is 13.4. The Morgan fingerprint density at radius 2 is 1.71 bits per heavy atom. The van der Waals surface area contributed by atoms with Gasteiger partial charge >= 0.3 is 0 Å². The van der Waals surface area contributed by atoms with Gasteiger partial charge in [0.15, 0.2) is 0 Å². The molecular weight excluding hydrogens is 426 g/mol. The van der Waals surface area contributed by atoms with Gasteiger partial charge in [0.05, 0.1) is 24.8 Å². The molecule has 1 heterocycles. The zero-order valence-corrected chi connectivity index (χ0v) is 19.6. The molecule has 1 amide bonds. The number of aryl methyl sites for hydroxylation is 2. The van der Waals surface area contributed by atoms with E-state index in [1.807, 2.05) is 60.7 Å². The summed E-state index contributed by atoms with van der Waals surface area (Å²) in [5, 5.41) is 3.00. The van der Waals surface area contributed by atoms with Crippen LogP contribution in [0.4, 0.5) is 0 Å². The van der Waals surface area contributed by atoms with Crippen LogP contribution in [0.25, 0.3) is 11.0 Å². The lowest BCUT2D eigenvalue weighted by Crippen LogP contribution is -2.24. The molecular formula is C28H31N3O3. The molecule has 0 bridgehead atoms. The molecule has 1 N–H and O–H groups in total. The molecule has 0 radical (unpaired) electrons. The second kappa shape index (κ2) is 11.9. The summed E-state index contributed by atoms with van der Waals surface area (Å²) >= 11 is 0. The molecule has 0 aliphatic rings. The van der Waals surface area contributed by atoms with Gasteiger partial charge in [-0.2, -0.15) is 0 Å². The van der Waals surface area contributed by atoms with Gasteiger partial charge in [0.2, 0.25) is 0 Å². The highest BCUT2D eigenvalue weighted by Crippen LogP contribution is 2.20. The number of nitrogens with one attached hydrogen (secondary N) is 1. The second-order valence-electron chi connectivity index (χ2n) is 8.13. The van der Waals surface area contributed by atoms with E-state index in [1.165, 1.54) is 0 Å². The summed E-state index contributed by atoms with van der Waals surface area (Å²) in [5.41, 5.74) is 2.85. The van der Waals surface area contributed by atoms with Crippen molar-refractivity contribution in [1.82, 2.24) is 14.9 Å². The van der Waals surface area contributed by atoms with Crippen molar-refractivity contribution in [2.45, 2.75) is 32.2 Å². The van der Waals surface area contributed by atoms with E-state index in [9.17, 15) is 4.79 Å². The fourth-order valence-corrected chi connectivity index (χ4v) is 3.96. The Bertz CT molecular complexity index is 1200. The number of aromatic nitrogens is 2. The van der Waals surface area contributed by atoms with Gasteiger partial charge in [0.25, 0.3) is 5.91 Å². The zero-order valence-electron chi connectivity index (χ0n) is 19.6. The summed E-state index contributed by atoms with van der Waals surface area (Å²) in [4.78, 5) is 17.1. The molecule has 4 rings (SSSR count). The minimum absolute atomic E-state index is 0.0369. The van der Waals surface area contributed by atoms with Crippen LogP contribution in [-0.2, 0) is 13.0 Å².